The zero-order valence-electron chi connectivity index (χ0n) is 18.5. The van der Waals surface area contributed by atoms with E-state index in [0.29, 0.717) is 5.56 Å². The molecule has 0 unspecified atom stereocenters. The third-order valence-corrected chi connectivity index (χ3v) is 5.81. The molecule has 0 aromatic heterocycles. The molecule has 2 amide bonds. The summed E-state index contributed by atoms with van der Waals surface area (Å²) < 4.78 is 0. The lowest BCUT2D eigenvalue weighted by Gasteiger charge is -2.47. The summed E-state index contributed by atoms with van der Waals surface area (Å²) in [6.07, 6.45) is 5.94. The molecule has 0 radical (unpaired) electrons. The van der Waals surface area contributed by atoms with Crippen molar-refractivity contribution in [2.45, 2.75) is 70.4 Å². The number of nitrogens with zero attached hydrogens (tertiary/aromatic N) is 1. The highest BCUT2D eigenvalue weighted by atomic mass is 16.2. The third kappa shape index (κ3) is 5.71. The average molecular weight is 407 g/mol. The highest BCUT2D eigenvalue weighted by Gasteiger charge is 2.42. The molecule has 2 aromatic carbocycles. The summed E-state index contributed by atoms with van der Waals surface area (Å²) >= 11 is 0. The smallest absolute Gasteiger partial charge is 0.254 e. The highest BCUT2D eigenvalue weighted by molar-refractivity contribution is 5.97. The first kappa shape index (κ1) is 22.1. The van der Waals surface area contributed by atoms with Gasteiger partial charge in [0.25, 0.3) is 5.91 Å². The molecule has 0 bridgehead atoms. The van der Waals surface area contributed by atoms with Crippen LogP contribution in [0.5, 0.6) is 0 Å². The normalized spacial score (nSPS) is 16.0. The van der Waals surface area contributed by atoms with Gasteiger partial charge in [0, 0.05) is 16.6 Å². The van der Waals surface area contributed by atoms with E-state index in [0.717, 1.165) is 32.1 Å². The van der Waals surface area contributed by atoms with Crippen molar-refractivity contribution in [3.63, 3.8) is 0 Å². The summed E-state index contributed by atoms with van der Waals surface area (Å²) in [5.74, 6) is -0.165. The van der Waals surface area contributed by atoms with Crippen LogP contribution in [-0.2, 0) is 11.2 Å². The quantitative estimate of drug-likeness (QED) is 0.735. The van der Waals surface area contributed by atoms with E-state index in [4.69, 9.17) is 0 Å². The Balaban J connectivity index is 1.97. The minimum Gasteiger partial charge on any atom is -0.350 e. The molecule has 1 aliphatic rings. The Morgan fingerprint density at radius 3 is 2.03 bits per heavy atom. The van der Waals surface area contributed by atoms with Crippen LogP contribution in [0.1, 0.15) is 68.8 Å². The number of hydrogen-bond acceptors (Lipinski definition) is 2. The molecule has 1 fully saturated rings. The Morgan fingerprint density at radius 1 is 0.900 bits per heavy atom. The molecule has 1 saturated carbocycles. The van der Waals surface area contributed by atoms with Gasteiger partial charge in [-0.25, -0.2) is 0 Å². The molecule has 0 aliphatic heterocycles. The van der Waals surface area contributed by atoms with Crippen LogP contribution in [0.2, 0.25) is 0 Å². The van der Waals surface area contributed by atoms with Gasteiger partial charge in [0.15, 0.2) is 0 Å². The minimum absolute atomic E-state index is 0.0579. The van der Waals surface area contributed by atoms with Gasteiger partial charge >= 0.3 is 0 Å². The summed E-state index contributed by atoms with van der Waals surface area (Å²) in [5.41, 5.74) is 1.17. The fourth-order valence-electron chi connectivity index (χ4n) is 4.52. The van der Waals surface area contributed by atoms with Crippen molar-refractivity contribution in [1.82, 2.24) is 10.2 Å². The number of carbonyl (C=O) groups excluding carboxylic acids is 2. The van der Waals surface area contributed by atoms with Crippen molar-refractivity contribution < 1.29 is 9.59 Å². The Hall–Kier alpha value is -2.62. The summed E-state index contributed by atoms with van der Waals surface area (Å²) in [5, 5.41) is 3.04. The number of rotatable bonds is 6. The largest absolute Gasteiger partial charge is 0.350 e. The van der Waals surface area contributed by atoms with Crippen LogP contribution >= 0.6 is 0 Å². The van der Waals surface area contributed by atoms with Gasteiger partial charge in [0.2, 0.25) is 5.91 Å². The van der Waals surface area contributed by atoms with Crippen molar-refractivity contribution in [2.75, 3.05) is 6.54 Å². The van der Waals surface area contributed by atoms with Gasteiger partial charge in [-0.1, -0.05) is 67.8 Å². The summed E-state index contributed by atoms with van der Waals surface area (Å²) in [7, 11) is 0. The fourth-order valence-corrected chi connectivity index (χ4v) is 4.52. The maximum Gasteiger partial charge on any atom is 0.254 e. The van der Waals surface area contributed by atoms with E-state index in [2.05, 4.69) is 17.4 Å². The molecule has 4 nitrogen and oxygen atoms in total. The molecule has 2 aromatic rings. The molecule has 30 heavy (non-hydrogen) atoms. The molecule has 160 valence electrons. The minimum atomic E-state index is -0.345. The van der Waals surface area contributed by atoms with Crippen LogP contribution in [0.4, 0.5) is 0 Å². The first-order chi connectivity index (χ1) is 14.3. The molecule has 0 saturated heterocycles. The standard InChI is InChI=1S/C26H34N2O2/c1-25(2,3)27-23(29)20-28(24(30)22-15-9-5-10-16-22)26(17-11-6-12-18-26)19-21-13-7-4-8-14-21/h4-5,7-10,13-16H,6,11-12,17-20H2,1-3H3,(H,27,29). The summed E-state index contributed by atoms with van der Waals surface area (Å²) in [6.45, 7) is 5.98. The van der Waals surface area contributed by atoms with Gasteiger partial charge in [0.05, 0.1) is 0 Å². The molecule has 4 heteroatoms. The average Bonchev–Trinajstić information content (AvgIpc) is 2.72. The van der Waals surface area contributed by atoms with Crippen LogP contribution in [0, 0.1) is 0 Å². The van der Waals surface area contributed by atoms with Gasteiger partial charge in [-0.15, -0.1) is 0 Å². The maximum absolute atomic E-state index is 13.7. The number of nitrogens with one attached hydrogen (secondary N) is 1. The molecule has 1 aliphatic carbocycles. The van der Waals surface area contributed by atoms with Gasteiger partial charge < -0.3 is 10.2 Å². The predicted molar refractivity (Wildman–Crippen MR) is 121 cm³/mol. The van der Waals surface area contributed by atoms with Crippen molar-refractivity contribution in [3.8, 4) is 0 Å². The molecule has 0 spiro atoms. The lowest BCUT2D eigenvalue weighted by Crippen LogP contribution is -2.58. The van der Waals surface area contributed by atoms with E-state index in [1.165, 1.54) is 12.0 Å². The molecule has 3 rings (SSSR count). The Morgan fingerprint density at radius 2 is 1.47 bits per heavy atom. The third-order valence-electron chi connectivity index (χ3n) is 5.81. The summed E-state index contributed by atoms with van der Waals surface area (Å²) in [6, 6.07) is 19.7. The van der Waals surface area contributed by atoms with Crippen LogP contribution in [0.3, 0.4) is 0 Å². The number of carbonyl (C=O) groups is 2. The lowest BCUT2D eigenvalue weighted by atomic mass is 9.75. The second-order valence-corrected chi connectivity index (χ2v) is 9.50. The Bertz CT molecular complexity index is 834. The van der Waals surface area contributed by atoms with Crippen molar-refractivity contribution in [3.05, 3.63) is 71.8 Å². The monoisotopic (exact) mass is 406 g/mol. The number of benzene rings is 2. The lowest BCUT2D eigenvalue weighted by molar-refractivity contribution is -0.124. The topological polar surface area (TPSA) is 49.4 Å². The van der Waals surface area contributed by atoms with Crippen LogP contribution < -0.4 is 5.32 Å². The van der Waals surface area contributed by atoms with E-state index in [1.54, 1.807) is 0 Å². The zero-order chi connectivity index (χ0) is 21.6. The fraction of sp³-hybridized carbons (Fsp3) is 0.462. The molecular formula is C26H34N2O2. The van der Waals surface area contributed by atoms with Gasteiger partial charge in [-0.3, -0.25) is 9.59 Å². The van der Waals surface area contributed by atoms with Crippen LogP contribution in [0.25, 0.3) is 0 Å². The molecular weight excluding hydrogens is 372 g/mol. The van der Waals surface area contributed by atoms with E-state index >= 15 is 0 Å². The number of amides is 2. The van der Waals surface area contributed by atoms with Crippen LogP contribution in [0.15, 0.2) is 60.7 Å². The van der Waals surface area contributed by atoms with Crippen LogP contribution in [-0.4, -0.2) is 34.3 Å². The van der Waals surface area contributed by atoms with E-state index in [-0.39, 0.29) is 29.4 Å². The Labute approximate surface area is 180 Å². The van der Waals surface area contributed by atoms with Gasteiger partial charge in [-0.2, -0.15) is 0 Å². The molecule has 0 heterocycles. The van der Waals surface area contributed by atoms with Gasteiger partial charge in [-0.05, 0) is 57.7 Å². The van der Waals surface area contributed by atoms with Crippen molar-refractivity contribution >= 4 is 11.8 Å². The first-order valence-electron chi connectivity index (χ1n) is 11.0. The van der Waals surface area contributed by atoms with E-state index in [1.807, 2.05) is 74.2 Å². The second-order valence-electron chi connectivity index (χ2n) is 9.50. The SMILES string of the molecule is CC(C)(C)NC(=O)CN(C(=O)c1ccccc1)C1(Cc2ccccc2)CCCCC1. The second kappa shape index (κ2) is 9.46. The molecule has 1 N–H and O–H groups in total. The Kier molecular flexibility index (Phi) is 6.96. The summed E-state index contributed by atoms with van der Waals surface area (Å²) in [4.78, 5) is 28.5. The van der Waals surface area contributed by atoms with Crippen molar-refractivity contribution in [2.24, 2.45) is 0 Å². The zero-order valence-corrected chi connectivity index (χ0v) is 18.5. The predicted octanol–water partition coefficient (Wildman–Crippen LogP) is 4.99. The number of hydrogen-bond donors (Lipinski definition) is 1. The molecule has 0 atom stereocenters. The maximum atomic E-state index is 13.7. The first-order valence-corrected chi connectivity index (χ1v) is 11.0. The highest BCUT2D eigenvalue weighted by Crippen LogP contribution is 2.37. The van der Waals surface area contributed by atoms with Gasteiger partial charge in [0.1, 0.15) is 6.54 Å². The van der Waals surface area contributed by atoms with E-state index < -0.39 is 0 Å². The van der Waals surface area contributed by atoms with Crippen molar-refractivity contribution in [1.29, 1.82) is 0 Å². The van der Waals surface area contributed by atoms with E-state index in [9.17, 15) is 9.59 Å².